The predicted molar refractivity (Wildman–Crippen MR) is 91.6 cm³/mol. The number of hydrogen-bond acceptors (Lipinski definition) is 2. The van der Waals surface area contributed by atoms with Crippen molar-refractivity contribution < 1.29 is 0 Å². The molecule has 0 aliphatic heterocycles. The fraction of sp³-hybridized carbons (Fsp3) is 1.00. The smallest absolute Gasteiger partial charge is 0.0520 e. The van der Waals surface area contributed by atoms with Gasteiger partial charge in [0.25, 0.3) is 0 Å². The van der Waals surface area contributed by atoms with E-state index in [2.05, 4.69) is 13.8 Å². The highest BCUT2D eigenvalue weighted by molar-refractivity contribution is 4.53. The van der Waals surface area contributed by atoms with Gasteiger partial charge in [-0.05, 0) is 12.3 Å². The minimum absolute atomic E-state index is 0.101. The second-order valence-electron chi connectivity index (χ2n) is 6.88. The Kier molecular flexibility index (Phi) is 15.3. The van der Waals surface area contributed by atoms with Crippen molar-refractivity contribution in [1.29, 1.82) is 0 Å². The summed E-state index contributed by atoms with van der Waals surface area (Å²) in [7, 11) is 0. The average molecular weight is 285 g/mol. The Balaban J connectivity index is 2.96. The van der Waals surface area contributed by atoms with E-state index in [9.17, 15) is 0 Å². The number of hydrogen-bond donors (Lipinski definition) is 2. The zero-order valence-electron chi connectivity index (χ0n) is 14.2. The third-order valence-electron chi connectivity index (χ3n) is 4.07. The van der Waals surface area contributed by atoms with Crippen LogP contribution in [0.2, 0.25) is 0 Å². The molecule has 0 atom stereocenters. The molecule has 0 amide bonds. The van der Waals surface area contributed by atoms with Gasteiger partial charge in [0, 0.05) is 0 Å². The van der Waals surface area contributed by atoms with E-state index >= 15 is 0 Å². The second kappa shape index (κ2) is 15.3. The van der Waals surface area contributed by atoms with Crippen LogP contribution in [-0.4, -0.2) is 6.17 Å². The summed E-state index contributed by atoms with van der Waals surface area (Å²) in [5.41, 5.74) is 11.0. The molecule has 0 fully saturated rings. The van der Waals surface area contributed by atoms with Gasteiger partial charge in [-0.3, -0.25) is 0 Å². The second-order valence-corrected chi connectivity index (χ2v) is 6.88. The van der Waals surface area contributed by atoms with Crippen LogP contribution in [-0.2, 0) is 0 Å². The lowest BCUT2D eigenvalue weighted by molar-refractivity contribution is 0.500. The lowest BCUT2D eigenvalue weighted by atomic mass is 10.0. The summed E-state index contributed by atoms with van der Waals surface area (Å²) in [5.74, 6) is 0.885. The lowest BCUT2D eigenvalue weighted by Gasteiger charge is -2.05. The number of nitrogens with two attached hydrogens (primary N) is 2. The molecule has 0 aliphatic rings. The van der Waals surface area contributed by atoms with Gasteiger partial charge in [-0.2, -0.15) is 0 Å². The predicted octanol–water partition coefficient (Wildman–Crippen LogP) is 5.35. The fourth-order valence-electron chi connectivity index (χ4n) is 2.70. The van der Waals surface area contributed by atoms with E-state index < -0.39 is 0 Å². The minimum Gasteiger partial charge on any atom is -0.316 e. The molecule has 0 aromatic rings. The molecule has 0 aliphatic carbocycles. The Bertz CT molecular complexity index is 158. The molecule has 2 heteroatoms. The summed E-state index contributed by atoms with van der Waals surface area (Å²) >= 11 is 0. The maximum absolute atomic E-state index is 5.52. The highest BCUT2D eigenvalue weighted by atomic mass is 14.8. The van der Waals surface area contributed by atoms with Crippen LogP contribution in [0.1, 0.15) is 104 Å². The van der Waals surface area contributed by atoms with E-state index in [1.165, 1.54) is 83.5 Å². The van der Waals surface area contributed by atoms with Gasteiger partial charge in [-0.15, -0.1) is 0 Å². The zero-order chi connectivity index (χ0) is 15.1. The summed E-state index contributed by atoms with van der Waals surface area (Å²) in [5, 5.41) is 0. The topological polar surface area (TPSA) is 52.0 Å². The standard InChI is InChI=1S/C18H40N2/c1-17(2)15-13-11-9-7-5-3-4-6-8-10-12-14-16-18(19)20/h17-18H,3-16,19-20H2,1-2H3. The van der Waals surface area contributed by atoms with Gasteiger partial charge in [-0.1, -0.05) is 97.3 Å². The molecule has 0 radical (unpaired) electrons. The minimum atomic E-state index is -0.101. The third-order valence-corrected chi connectivity index (χ3v) is 4.07. The molecular weight excluding hydrogens is 244 g/mol. The van der Waals surface area contributed by atoms with Gasteiger partial charge < -0.3 is 11.5 Å². The first-order valence-corrected chi connectivity index (χ1v) is 9.14. The van der Waals surface area contributed by atoms with Crippen molar-refractivity contribution in [2.24, 2.45) is 17.4 Å². The quantitative estimate of drug-likeness (QED) is 0.315. The van der Waals surface area contributed by atoms with E-state index in [1.54, 1.807) is 0 Å². The van der Waals surface area contributed by atoms with Crippen molar-refractivity contribution in [1.82, 2.24) is 0 Å². The van der Waals surface area contributed by atoms with Crippen LogP contribution >= 0.6 is 0 Å². The Labute approximate surface area is 128 Å². The van der Waals surface area contributed by atoms with E-state index in [0.29, 0.717) is 0 Å². The molecule has 0 saturated carbocycles. The molecule has 0 unspecified atom stereocenters. The molecule has 0 spiro atoms. The first-order chi connectivity index (χ1) is 9.63. The summed E-state index contributed by atoms with van der Waals surface area (Å²) in [6, 6.07) is 0. The van der Waals surface area contributed by atoms with E-state index in [4.69, 9.17) is 11.5 Å². The van der Waals surface area contributed by atoms with Gasteiger partial charge in [0.15, 0.2) is 0 Å². The first-order valence-electron chi connectivity index (χ1n) is 9.14. The molecule has 0 rings (SSSR count). The van der Waals surface area contributed by atoms with Crippen molar-refractivity contribution in [3.63, 3.8) is 0 Å². The van der Waals surface area contributed by atoms with Crippen LogP contribution in [0.4, 0.5) is 0 Å². The van der Waals surface area contributed by atoms with Gasteiger partial charge in [0.05, 0.1) is 6.17 Å². The van der Waals surface area contributed by atoms with Gasteiger partial charge in [0.2, 0.25) is 0 Å². The number of rotatable bonds is 15. The van der Waals surface area contributed by atoms with Crippen molar-refractivity contribution in [2.45, 2.75) is 110 Å². The van der Waals surface area contributed by atoms with E-state index in [0.717, 1.165) is 12.3 Å². The largest absolute Gasteiger partial charge is 0.316 e. The monoisotopic (exact) mass is 284 g/mol. The maximum atomic E-state index is 5.52. The van der Waals surface area contributed by atoms with Gasteiger partial charge in [-0.25, -0.2) is 0 Å². The van der Waals surface area contributed by atoms with Crippen LogP contribution in [0.25, 0.3) is 0 Å². The van der Waals surface area contributed by atoms with Crippen LogP contribution in [0.3, 0.4) is 0 Å². The van der Waals surface area contributed by atoms with Crippen LogP contribution in [0.15, 0.2) is 0 Å². The molecule has 20 heavy (non-hydrogen) atoms. The van der Waals surface area contributed by atoms with Crippen LogP contribution in [0.5, 0.6) is 0 Å². The Hall–Kier alpha value is -0.0800. The lowest BCUT2D eigenvalue weighted by Crippen LogP contribution is -2.29. The summed E-state index contributed by atoms with van der Waals surface area (Å²) in [6.45, 7) is 4.65. The highest BCUT2D eigenvalue weighted by Gasteiger charge is 1.96. The molecule has 2 nitrogen and oxygen atoms in total. The summed E-state index contributed by atoms with van der Waals surface area (Å²) in [6.07, 6.45) is 19.1. The van der Waals surface area contributed by atoms with E-state index in [-0.39, 0.29) is 6.17 Å². The molecule has 0 saturated heterocycles. The van der Waals surface area contributed by atoms with Crippen molar-refractivity contribution >= 4 is 0 Å². The SMILES string of the molecule is CC(C)CCCCCCCCCCCCCCC(N)N. The molecule has 0 aromatic carbocycles. The molecule has 122 valence electrons. The average Bonchev–Trinajstić information content (AvgIpc) is 2.38. The Morgan fingerprint density at radius 2 is 0.800 bits per heavy atom. The summed E-state index contributed by atoms with van der Waals surface area (Å²) < 4.78 is 0. The van der Waals surface area contributed by atoms with Gasteiger partial charge in [0.1, 0.15) is 0 Å². The molecule has 0 heterocycles. The van der Waals surface area contributed by atoms with Crippen molar-refractivity contribution in [3.05, 3.63) is 0 Å². The molecule has 0 bridgehead atoms. The normalized spacial score (nSPS) is 11.7. The maximum Gasteiger partial charge on any atom is 0.0520 e. The molecular formula is C18H40N2. The highest BCUT2D eigenvalue weighted by Crippen LogP contribution is 2.14. The van der Waals surface area contributed by atoms with Crippen LogP contribution < -0.4 is 11.5 Å². The Morgan fingerprint density at radius 3 is 1.10 bits per heavy atom. The van der Waals surface area contributed by atoms with Gasteiger partial charge >= 0.3 is 0 Å². The Morgan fingerprint density at radius 1 is 0.500 bits per heavy atom. The van der Waals surface area contributed by atoms with E-state index in [1.807, 2.05) is 0 Å². The summed E-state index contributed by atoms with van der Waals surface area (Å²) in [4.78, 5) is 0. The van der Waals surface area contributed by atoms with Crippen molar-refractivity contribution in [2.75, 3.05) is 0 Å². The van der Waals surface area contributed by atoms with Crippen LogP contribution in [0, 0.1) is 5.92 Å². The zero-order valence-corrected chi connectivity index (χ0v) is 14.2. The van der Waals surface area contributed by atoms with Crippen molar-refractivity contribution in [3.8, 4) is 0 Å². The first kappa shape index (κ1) is 19.9. The molecule has 4 N–H and O–H groups in total. The number of unbranched alkanes of at least 4 members (excludes halogenated alkanes) is 11. The molecule has 0 aromatic heterocycles. The fourth-order valence-corrected chi connectivity index (χ4v) is 2.70. The third kappa shape index (κ3) is 17.9.